The van der Waals surface area contributed by atoms with Crippen LogP contribution in [0.5, 0.6) is 0 Å². The average molecular weight is 184 g/mol. The number of carbonyl (C=O) groups excluding carboxylic acids is 1. The van der Waals surface area contributed by atoms with E-state index in [0.717, 1.165) is 25.7 Å². The zero-order valence-corrected chi connectivity index (χ0v) is 7.95. The van der Waals surface area contributed by atoms with Crippen LogP contribution in [0.15, 0.2) is 0 Å². The minimum absolute atomic E-state index is 0.200. The zero-order chi connectivity index (χ0) is 9.47. The number of aliphatic hydroxyl groups excluding tert-OH is 1. The highest BCUT2D eigenvalue weighted by Gasteiger charge is 2.66. The van der Waals surface area contributed by atoms with Crippen LogP contribution in [-0.4, -0.2) is 22.8 Å². The van der Waals surface area contributed by atoms with Crippen LogP contribution in [0.2, 0.25) is 0 Å². The van der Waals surface area contributed by atoms with Gasteiger partial charge in [0.05, 0.1) is 0 Å². The van der Waals surface area contributed by atoms with Gasteiger partial charge in [-0.15, -0.1) is 0 Å². The van der Waals surface area contributed by atoms with Crippen molar-refractivity contribution in [2.24, 2.45) is 5.92 Å². The molecule has 2 atom stereocenters. The number of ether oxygens (including phenoxy) is 1. The first kappa shape index (κ1) is 9.00. The molecule has 13 heavy (non-hydrogen) atoms. The van der Waals surface area contributed by atoms with Crippen molar-refractivity contribution in [2.75, 3.05) is 0 Å². The van der Waals surface area contributed by atoms with Gasteiger partial charge >= 0.3 is 5.97 Å². The Morgan fingerprint density at radius 2 is 2.00 bits per heavy atom. The molecule has 0 spiro atoms. The Morgan fingerprint density at radius 1 is 1.46 bits per heavy atom. The fourth-order valence-electron chi connectivity index (χ4n) is 2.51. The molecule has 1 saturated carbocycles. The molecule has 0 radical (unpaired) electrons. The van der Waals surface area contributed by atoms with Crippen molar-refractivity contribution >= 4 is 5.97 Å². The van der Waals surface area contributed by atoms with E-state index in [1.54, 1.807) is 6.92 Å². The highest BCUT2D eigenvalue weighted by Crippen LogP contribution is 2.46. The fourth-order valence-corrected chi connectivity index (χ4v) is 2.51. The SMILES string of the molecule is CC(O)C1(C2CCCCC2)OC1=O. The van der Waals surface area contributed by atoms with E-state index in [4.69, 9.17) is 4.74 Å². The smallest absolute Gasteiger partial charge is 0.354 e. The standard InChI is InChI=1S/C10H16O3/c1-7(11)10(9(12)13-10)8-5-3-2-4-6-8/h7-8,11H,2-6H2,1H3. The first-order chi connectivity index (χ1) is 6.18. The van der Waals surface area contributed by atoms with Crippen molar-refractivity contribution in [3.63, 3.8) is 0 Å². The van der Waals surface area contributed by atoms with E-state index in [9.17, 15) is 9.90 Å². The van der Waals surface area contributed by atoms with Crippen molar-refractivity contribution in [1.82, 2.24) is 0 Å². The maximum atomic E-state index is 11.2. The van der Waals surface area contributed by atoms with E-state index in [2.05, 4.69) is 0 Å². The number of rotatable bonds is 2. The van der Waals surface area contributed by atoms with Crippen molar-refractivity contribution < 1.29 is 14.6 Å². The summed E-state index contributed by atoms with van der Waals surface area (Å²) in [5.41, 5.74) is -0.805. The summed E-state index contributed by atoms with van der Waals surface area (Å²) >= 11 is 0. The quantitative estimate of drug-likeness (QED) is 0.657. The molecule has 0 amide bonds. The minimum atomic E-state index is -0.805. The van der Waals surface area contributed by atoms with Gasteiger partial charge in [-0.3, -0.25) is 0 Å². The Morgan fingerprint density at radius 3 is 2.38 bits per heavy atom. The van der Waals surface area contributed by atoms with Crippen LogP contribution >= 0.6 is 0 Å². The molecule has 0 bridgehead atoms. The van der Waals surface area contributed by atoms with Crippen LogP contribution in [0, 0.1) is 5.92 Å². The van der Waals surface area contributed by atoms with Crippen LogP contribution in [-0.2, 0) is 9.53 Å². The van der Waals surface area contributed by atoms with Gasteiger partial charge in [-0.05, 0) is 19.8 Å². The molecule has 1 saturated heterocycles. The second-order valence-corrected chi connectivity index (χ2v) is 4.19. The van der Waals surface area contributed by atoms with Gasteiger partial charge < -0.3 is 9.84 Å². The lowest BCUT2D eigenvalue weighted by molar-refractivity contribution is -0.117. The molecule has 1 aliphatic carbocycles. The Bertz CT molecular complexity index is 218. The number of hydrogen-bond acceptors (Lipinski definition) is 3. The lowest BCUT2D eigenvalue weighted by Crippen LogP contribution is -2.38. The van der Waals surface area contributed by atoms with Gasteiger partial charge in [-0.25, -0.2) is 4.79 Å². The molecule has 0 aromatic rings. The van der Waals surface area contributed by atoms with Gasteiger partial charge in [0, 0.05) is 5.92 Å². The Balaban J connectivity index is 2.08. The van der Waals surface area contributed by atoms with E-state index in [-0.39, 0.29) is 11.9 Å². The van der Waals surface area contributed by atoms with E-state index < -0.39 is 11.7 Å². The molecule has 3 heteroatoms. The molecule has 2 aliphatic rings. The third kappa shape index (κ3) is 1.26. The van der Waals surface area contributed by atoms with Crippen LogP contribution in [0.4, 0.5) is 0 Å². The number of carbonyl (C=O) groups is 1. The number of cyclic esters (lactones) is 1. The van der Waals surface area contributed by atoms with Gasteiger partial charge in [0.1, 0.15) is 6.10 Å². The first-order valence-electron chi connectivity index (χ1n) is 5.09. The van der Waals surface area contributed by atoms with Crippen LogP contribution < -0.4 is 0 Å². The Kier molecular flexibility index (Phi) is 2.06. The third-order valence-electron chi connectivity index (χ3n) is 3.37. The molecule has 0 aromatic heterocycles. The number of hydrogen-bond donors (Lipinski definition) is 1. The zero-order valence-electron chi connectivity index (χ0n) is 7.95. The van der Waals surface area contributed by atoms with Gasteiger partial charge in [0.2, 0.25) is 5.60 Å². The van der Waals surface area contributed by atoms with Crippen molar-refractivity contribution in [3.8, 4) is 0 Å². The van der Waals surface area contributed by atoms with Crippen molar-refractivity contribution in [1.29, 1.82) is 0 Å². The first-order valence-corrected chi connectivity index (χ1v) is 5.09. The molecule has 1 aliphatic heterocycles. The predicted octanol–water partition coefficient (Wildman–Crippen LogP) is 1.24. The summed E-state index contributed by atoms with van der Waals surface area (Å²) in [6, 6.07) is 0. The highest BCUT2D eigenvalue weighted by molar-refractivity contribution is 5.94. The monoisotopic (exact) mass is 184 g/mol. The molecule has 3 nitrogen and oxygen atoms in total. The third-order valence-corrected chi connectivity index (χ3v) is 3.37. The minimum Gasteiger partial charge on any atom is -0.441 e. The van der Waals surface area contributed by atoms with Crippen molar-refractivity contribution in [2.45, 2.75) is 50.7 Å². The topological polar surface area (TPSA) is 49.8 Å². The molecule has 1 heterocycles. The molecule has 74 valence electrons. The summed E-state index contributed by atoms with van der Waals surface area (Å²) in [4.78, 5) is 11.2. The lowest BCUT2D eigenvalue weighted by Gasteiger charge is -2.26. The van der Waals surface area contributed by atoms with Crippen molar-refractivity contribution in [3.05, 3.63) is 0 Å². The van der Waals surface area contributed by atoms with Gasteiger partial charge in [0.15, 0.2) is 0 Å². The number of aliphatic hydroxyl groups is 1. The van der Waals surface area contributed by atoms with Crippen LogP contribution in [0.1, 0.15) is 39.0 Å². The summed E-state index contributed by atoms with van der Waals surface area (Å²) in [6.45, 7) is 1.65. The van der Waals surface area contributed by atoms with E-state index in [1.807, 2.05) is 0 Å². The van der Waals surface area contributed by atoms with Crippen LogP contribution in [0.25, 0.3) is 0 Å². The molecular formula is C10H16O3. The van der Waals surface area contributed by atoms with Gasteiger partial charge in [-0.1, -0.05) is 19.3 Å². The summed E-state index contributed by atoms with van der Waals surface area (Å²) in [5.74, 6) is 0.0585. The average Bonchev–Trinajstić information content (AvgIpc) is 2.80. The van der Waals surface area contributed by atoms with E-state index >= 15 is 0 Å². The summed E-state index contributed by atoms with van der Waals surface area (Å²) in [5, 5.41) is 9.52. The molecule has 2 unspecified atom stereocenters. The highest BCUT2D eigenvalue weighted by atomic mass is 16.7. The summed E-state index contributed by atoms with van der Waals surface area (Å²) in [6.07, 6.45) is 4.97. The maximum absolute atomic E-state index is 11.2. The number of epoxide rings is 1. The lowest BCUT2D eigenvalue weighted by atomic mass is 9.77. The van der Waals surface area contributed by atoms with E-state index in [0.29, 0.717) is 0 Å². The molecule has 1 N–H and O–H groups in total. The second-order valence-electron chi connectivity index (χ2n) is 4.19. The second kappa shape index (κ2) is 2.98. The Labute approximate surface area is 78.1 Å². The maximum Gasteiger partial charge on any atom is 0.354 e. The van der Waals surface area contributed by atoms with E-state index in [1.165, 1.54) is 6.42 Å². The normalized spacial score (nSPS) is 36.9. The summed E-state index contributed by atoms with van der Waals surface area (Å²) in [7, 11) is 0. The molecule has 2 rings (SSSR count). The van der Waals surface area contributed by atoms with Gasteiger partial charge in [-0.2, -0.15) is 0 Å². The van der Waals surface area contributed by atoms with Crippen LogP contribution in [0.3, 0.4) is 0 Å². The molecule has 2 fully saturated rings. The molecular weight excluding hydrogens is 168 g/mol. The molecule has 0 aromatic carbocycles. The Hall–Kier alpha value is -0.570. The fraction of sp³-hybridized carbons (Fsp3) is 0.900. The van der Waals surface area contributed by atoms with Gasteiger partial charge in [0.25, 0.3) is 0 Å². The summed E-state index contributed by atoms with van der Waals surface area (Å²) < 4.78 is 5.02. The predicted molar refractivity (Wildman–Crippen MR) is 47.1 cm³/mol. The largest absolute Gasteiger partial charge is 0.441 e.